The number of urea groups is 1. The molecule has 1 atom stereocenters. The Bertz CT molecular complexity index is 1230. The Balaban J connectivity index is 1.79. The van der Waals surface area contributed by atoms with Crippen LogP contribution in [0.15, 0.2) is 78.7 Å². The highest BCUT2D eigenvalue weighted by atomic mass is 16.5. The third-order valence-electron chi connectivity index (χ3n) is 5.70. The largest absolute Gasteiger partial charge is 0.495 e. The number of rotatable bonds is 10. The van der Waals surface area contributed by atoms with Crippen LogP contribution in [0.3, 0.4) is 0 Å². The molecule has 2 aromatic rings. The van der Waals surface area contributed by atoms with E-state index in [1.807, 2.05) is 72.8 Å². The van der Waals surface area contributed by atoms with Crippen LogP contribution in [0, 0.1) is 6.92 Å². The van der Waals surface area contributed by atoms with Gasteiger partial charge in [0.25, 0.3) is 0 Å². The number of carbonyl (C=O) groups excluding carboxylic acids is 2. The van der Waals surface area contributed by atoms with Gasteiger partial charge in [0.1, 0.15) is 5.75 Å². The van der Waals surface area contributed by atoms with Gasteiger partial charge in [0.2, 0.25) is 5.91 Å². The minimum Gasteiger partial charge on any atom is -0.495 e. The van der Waals surface area contributed by atoms with Crippen LogP contribution in [0.5, 0.6) is 5.75 Å². The summed E-state index contributed by atoms with van der Waals surface area (Å²) in [7, 11) is 1.51. The third kappa shape index (κ3) is 8.28. The molecule has 1 aliphatic rings. The molecule has 9 nitrogen and oxygen atoms in total. The Kier molecular flexibility index (Phi) is 9.48. The van der Waals surface area contributed by atoms with E-state index >= 15 is 0 Å². The van der Waals surface area contributed by atoms with E-state index in [1.165, 1.54) is 14.0 Å². The lowest BCUT2D eigenvalue weighted by Gasteiger charge is -2.22. The maximum absolute atomic E-state index is 12.6. The van der Waals surface area contributed by atoms with Crippen LogP contribution < -0.4 is 20.7 Å². The van der Waals surface area contributed by atoms with Gasteiger partial charge in [-0.05, 0) is 54.3 Å². The number of hydrogen-bond acceptors (Lipinski definition) is 5. The number of hydrogen-bond donors (Lipinski definition) is 4. The zero-order chi connectivity index (χ0) is 26.8. The van der Waals surface area contributed by atoms with E-state index in [-0.39, 0.29) is 18.4 Å². The number of ether oxygens (including phenoxy) is 1. The summed E-state index contributed by atoms with van der Waals surface area (Å²) in [4.78, 5) is 37.4. The van der Waals surface area contributed by atoms with Crippen molar-refractivity contribution in [2.45, 2.75) is 32.7 Å². The van der Waals surface area contributed by atoms with Crippen molar-refractivity contribution in [3.05, 3.63) is 89.8 Å². The van der Waals surface area contributed by atoms with E-state index < -0.39 is 12.0 Å². The molecule has 1 unspecified atom stereocenters. The van der Waals surface area contributed by atoms with Crippen molar-refractivity contribution < 1.29 is 24.2 Å². The second kappa shape index (κ2) is 13.0. The zero-order valence-corrected chi connectivity index (χ0v) is 21.2. The summed E-state index contributed by atoms with van der Waals surface area (Å²) in [5.74, 6) is -0.615. The molecular formula is C28H32N4O5. The zero-order valence-electron chi connectivity index (χ0n) is 21.2. The first-order valence-corrected chi connectivity index (χ1v) is 11.9. The van der Waals surface area contributed by atoms with E-state index in [2.05, 4.69) is 16.0 Å². The summed E-state index contributed by atoms with van der Waals surface area (Å²) in [6, 6.07) is 12.0. The van der Waals surface area contributed by atoms with Crippen molar-refractivity contribution in [2.24, 2.45) is 0 Å². The normalized spacial score (nSPS) is 13.3. The Hall–Kier alpha value is -4.53. The molecule has 1 aliphatic heterocycles. The molecule has 0 bridgehead atoms. The first-order chi connectivity index (χ1) is 17.7. The maximum atomic E-state index is 12.6. The molecule has 0 saturated carbocycles. The van der Waals surface area contributed by atoms with Crippen LogP contribution in [0.2, 0.25) is 0 Å². The quantitative estimate of drug-likeness (QED) is 0.363. The van der Waals surface area contributed by atoms with Crippen molar-refractivity contribution >= 4 is 29.3 Å². The van der Waals surface area contributed by atoms with Gasteiger partial charge >= 0.3 is 12.0 Å². The van der Waals surface area contributed by atoms with Gasteiger partial charge in [-0.3, -0.25) is 9.59 Å². The van der Waals surface area contributed by atoms with Crippen molar-refractivity contribution in [1.29, 1.82) is 0 Å². The molecule has 9 heteroatoms. The van der Waals surface area contributed by atoms with Crippen LogP contribution in [0.4, 0.5) is 16.2 Å². The maximum Gasteiger partial charge on any atom is 0.323 e. The lowest BCUT2D eigenvalue weighted by molar-refractivity contribution is -0.137. The van der Waals surface area contributed by atoms with E-state index in [9.17, 15) is 14.4 Å². The SMILES string of the molecule is COc1cc(C(CC2=CN(CCC(=O)O)C=CC=C2)NC(C)=O)ccc1NC(=O)Nc1ccccc1C. The minimum absolute atomic E-state index is 0.00627. The average molecular weight is 505 g/mol. The number of aryl methyl sites for hydroxylation is 1. The van der Waals surface area contributed by atoms with Gasteiger partial charge < -0.3 is 30.7 Å². The molecular weight excluding hydrogens is 472 g/mol. The fraction of sp³-hybridized carbons (Fsp3) is 0.250. The van der Waals surface area contributed by atoms with E-state index in [1.54, 1.807) is 12.1 Å². The van der Waals surface area contributed by atoms with Gasteiger partial charge in [-0.25, -0.2) is 4.79 Å². The standard InChI is InChI=1S/C28H32N4O5/c1-19-8-4-5-10-23(19)30-28(36)31-24-12-11-22(17-26(24)37-3)25(29-20(2)33)16-21-9-6-7-14-32(18-21)15-13-27(34)35/h4-12,14,17-18,25H,13,15-16H2,1-3H3,(H,29,33)(H,34,35)(H2,30,31,36). The molecule has 37 heavy (non-hydrogen) atoms. The number of carboxylic acid groups (broad SMARTS) is 1. The smallest absolute Gasteiger partial charge is 0.323 e. The molecule has 0 fully saturated rings. The molecule has 0 radical (unpaired) electrons. The molecule has 1 heterocycles. The minimum atomic E-state index is -0.870. The van der Waals surface area contributed by atoms with Crippen LogP contribution >= 0.6 is 0 Å². The third-order valence-corrected chi connectivity index (χ3v) is 5.70. The van der Waals surface area contributed by atoms with Crippen LogP contribution in [0.1, 0.15) is 36.9 Å². The number of benzene rings is 2. The lowest BCUT2D eigenvalue weighted by atomic mass is 9.98. The summed E-state index contributed by atoms with van der Waals surface area (Å²) >= 11 is 0. The number of carbonyl (C=O) groups is 3. The number of anilines is 2. The summed E-state index contributed by atoms with van der Waals surface area (Å²) in [6.45, 7) is 3.70. The highest BCUT2D eigenvalue weighted by Crippen LogP contribution is 2.31. The molecule has 2 aromatic carbocycles. The number of para-hydroxylation sites is 1. The summed E-state index contributed by atoms with van der Waals surface area (Å²) < 4.78 is 5.54. The molecule has 4 N–H and O–H groups in total. The fourth-order valence-electron chi connectivity index (χ4n) is 3.87. The molecule has 3 amide bonds. The van der Waals surface area contributed by atoms with E-state index in [0.29, 0.717) is 30.1 Å². The van der Waals surface area contributed by atoms with Gasteiger partial charge in [0, 0.05) is 31.6 Å². The molecule has 194 valence electrons. The molecule has 0 saturated heterocycles. The Morgan fingerprint density at radius 3 is 2.51 bits per heavy atom. The Morgan fingerprint density at radius 1 is 1.05 bits per heavy atom. The second-order valence-corrected chi connectivity index (χ2v) is 8.60. The number of allylic oxidation sites excluding steroid dienone is 3. The summed E-state index contributed by atoms with van der Waals surface area (Å²) in [5, 5.41) is 17.6. The number of nitrogens with one attached hydrogen (secondary N) is 3. The van der Waals surface area contributed by atoms with Crippen molar-refractivity contribution in [3.63, 3.8) is 0 Å². The predicted octanol–water partition coefficient (Wildman–Crippen LogP) is 4.96. The lowest BCUT2D eigenvalue weighted by Crippen LogP contribution is -2.27. The molecule has 0 spiro atoms. The van der Waals surface area contributed by atoms with Gasteiger partial charge in [-0.2, -0.15) is 0 Å². The van der Waals surface area contributed by atoms with Gasteiger partial charge in [0.15, 0.2) is 0 Å². The molecule has 0 aliphatic carbocycles. The second-order valence-electron chi connectivity index (χ2n) is 8.60. The Labute approximate surface area is 216 Å². The first kappa shape index (κ1) is 27.1. The number of amides is 3. The molecule has 0 aromatic heterocycles. The highest BCUT2D eigenvalue weighted by Gasteiger charge is 2.18. The van der Waals surface area contributed by atoms with E-state index in [0.717, 1.165) is 16.7 Å². The van der Waals surface area contributed by atoms with Gasteiger partial charge in [-0.15, -0.1) is 0 Å². The fourth-order valence-corrected chi connectivity index (χ4v) is 3.87. The molecule has 3 rings (SSSR count). The van der Waals surface area contributed by atoms with Crippen LogP contribution in [-0.2, 0) is 9.59 Å². The predicted molar refractivity (Wildman–Crippen MR) is 143 cm³/mol. The highest BCUT2D eigenvalue weighted by molar-refractivity contribution is 6.01. The summed E-state index contributed by atoms with van der Waals surface area (Å²) in [5.41, 5.74) is 3.83. The summed E-state index contributed by atoms with van der Waals surface area (Å²) in [6.07, 6.45) is 9.79. The average Bonchev–Trinajstić information content (AvgIpc) is 3.08. The van der Waals surface area contributed by atoms with Gasteiger partial charge in [-0.1, -0.05) is 36.4 Å². The monoisotopic (exact) mass is 504 g/mol. The van der Waals surface area contributed by atoms with E-state index in [4.69, 9.17) is 9.84 Å². The number of nitrogens with zero attached hydrogens (tertiary/aromatic N) is 1. The van der Waals surface area contributed by atoms with Crippen molar-refractivity contribution in [1.82, 2.24) is 10.2 Å². The van der Waals surface area contributed by atoms with Gasteiger partial charge in [0.05, 0.1) is 25.3 Å². The first-order valence-electron chi connectivity index (χ1n) is 11.9. The number of methoxy groups -OCH3 is 1. The van der Waals surface area contributed by atoms with Crippen molar-refractivity contribution in [3.8, 4) is 5.75 Å². The van der Waals surface area contributed by atoms with Crippen LogP contribution in [-0.4, -0.2) is 41.6 Å². The van der Waals surface area contributed by atoms with Crippen LogP contribution in [0.25, 0.3) is 0 Å². The Morgan fingerprint density at radius 2 is 1.81 bits per heavy atom. The number of carboxylic acids is 1. The van der Waals surface area contributed by atoms with Crippen molar-refractivity contribution in [2.75, 3.05) is 24.3 Å². The topological polar surface area (TPSA) is 120 Å². The number of aliphatic carboxylic acids is 1.